The minimum absolute atomic E-state index is 0.0989. The van der Waals surface area contributed by atoms with Crippen LogP contribution in [0.15, 0.2) is 0 Å². The average molecular weight is 256 g/mol. The molecular formula is C14H28N2O2. The van der Waals surface area contributed by atoms with Gasteiger partial charge in [0.2, 0.25) is 5.91 Å². The number of hydrogen-bond donors (Lipinski definition) is 3. The molecule has 4 nitrogen and oxygen atoms in total. The van der Waals surface area contributed by atoms with Gasteiger partial charge >= 0.3 is 0 Å². The summed E-state index contributed by atoms with van der Waals surface area (Å²) in [6.45, 7) is 5.37. The van der Waals surface area contributed by atoms with Crippen molar-refractivity contribution in [3.05, 3.63) is 0 Å². The highest BCUT2D eigenvalue weighted by Crippen LogP contribution is 2.12. The first-order chi connectivity index (χ1) is 8.63. The highest BCUT2D eigenvalue weighted by Gasteiger charge is 2.17. The van der Waals surface area contributed by atoms with E-state index in [1.807, 2.05) is 0 Å². The molecule has 106 valence electrons. The van der Waals surface area contributed by atoms with Gasteiger partial charge in [-0.25, -0.2) is 0 Å². The Hall–Kier alpha value is -0.610. The van der Waals surface area contributed by atoms with Gasteiger partial charge in [0.25, 0.3) is 0 Å². The predicted octanol–water partition coefficient (Wildman–Crippen LogP) is 1.43. The van der Waals surface area contributed by atoms with E-state index in [1.54, 1.807) is 0 Å². The van der Waals surface area contributed by atoms with E-state index in [0.29, 0.717) is 24.8 Å². The third kappa shape index (κ3) is 5.83. The number of amides is 1. The molecule has 2 unspecified atom stereocenters. The number of nitrogens with one attached hydrogen (secondary N) is 2. The molecule has 0 bridgehead atoms. The van der Waals surface area contributed by atoms with Gasteiger partial charge < -0.3 is 15.7 Å². The molecule has 0 saturated carbocycles. The molecule has 1 fully saturated rings. The molecule has 0 radical (unpaired) electrons. The fourth-order valence-electron chi connectivity index (χ4n) is 2.47. The second kappa shape index (κ2) is 8.48. The van der Waals surface area contributed by atoms with Crippen LogP contribution in [0.1, 0.15) is 52.4 Å². The van der Waals surface area contributed by atoms with Crippen LogP contribution >= 0.6 is 0 Å². The molecule has 4 heteroatoms. The minimum Gasteiger partial charge on any atom is -0.396 e. The van der Waals surface area contributed by atoms with Crippen LogP contribution in [0.25, 0.3) is 0 Å². The van der Waals surface area contributed by atoms with Crippen molar-refractivity contribution in [1.29, 1.82) is 0 Å². The number of carbonyl (C=O) groups excluding carboxylic acids is 1. The fraction of sp³-hybridized carbons (Fsp3) is 0.929. The summed E-state index contributed by atoms with van der Waals surface area (Å²) in [5.41, 5.74) is 0. The van der Waals surface area contributed by atoms with Crippen LogP contribution in [0, 0.1) is 5.92 Å². The zero-order valence-electron chi connectivity index (χ0n) is 11.7. The molecule has 0 spiro atoms. The van der Waals surface area contributed by atoms with Gasteiger partial charge in [-0.1, -0.05) is 20.3 Å². The molecule has 3 N–H and O–H groups in total. The van der Waals surface area contributed by atoms with Crippen LogP contribution in [-0.2, 0) is 4.79 Å². The highest BCUT2D eigenvalue weighted by molar-refractivity contribution is 5.76. The Balaban J connectivity index is 2.22. The molecule has 0 aliphatic carbocycles. The van der Waals surface area contributed by atoms with Crippen LogP contribution < -0.4 is 10.6 Å². The summed E-state index contributed by atoms with van der Waals surface area (Å²) in [4.78, 5) is 11.9. The zero-order valence-corrected chi connectivity index (χ0v) is 11.7. The van der Waals surface area contributed by atoms with Crippen LogP contribution in [0.3, 0.4) is 0 Å². The second-order valence-corrected chi connectivity index (χ2v) is 5.62. The summed E-state index contributed by atoms with van der Waals surface area (Å²) in [5.74, 6) is 0.489. The Morgan fingerprint density at radius 1 is 1.44 bits per heavy atom. The number of rotatable bonds is 7. The number of carbonyl (C=O) groups is 1. The van der Waals surface area contributed by atoms with Crippen LogP contribution in [0.2, 0.25) is 0 Å². The number of aliphatic hydroxyl groups is 1. The molecule has 1 rings (SSSR count). The van der Waals surface area contributed by atoms with Gasteiger partial charge in [-0.3, -0.25) is 4.79 Å². The van der Waals surface area contributed by atoms with Crippen molar-refractivity contribution in [2.45, 2.75) is 64.5 Å². The van der Waals surface area contributed by atoms with Crippen molar-refractivity contribution in [2.75, 3.05) is 13.2 Å². The van der Waals surface area contributed by atoms with Crippen LogP contribution in [0.5, 0.6) is 0 Å². The lowest BCUT2D eigenvalue weighted by atomic mass is 9.99. The van der Waals surface area contributed by atoms with E-state index >= 15 is 0 Å². The van der Waals surface area contributed by atoms with Gasteiger partial charge in [0, 0.05) is 25.1 Å². The lowest BCUT2D eigenvalue weighted by Gasteiger charge is -2.25. The Kier molecular flexibility index (Phi) is 7.28. The molecular weight excluding hydrogens is 228 g/mol. The molecule has 1 saturated heterocycles. The SMILES string of the molecule is CC(C)C(CCO)NC(=O)CCC1CCCCN1. The molecule has 1 heterocycles. The Bertz CT molecular complexity index is 238. The smallest absolute Gasteiger partial charge is 0.220 e. The number of aliphatic hydroxyl groups excluding tert-OH is 1. The molecule has 0 aromatic carbocycles. The summed E-state index contributed by atoms with van der Waals surface area (Å²) >= 11 is 0. The van der Waals surface area contributed by atoms with Crippen molar-refractivity contribution in [3.63, 3.8) is 0 Å². The summed E-state index contributed by atoms with van der Waals surface area (Å²) in [6.07, 6.45) is 5.89. The maximum atomic E-state index is 11.9. The number of hydrogen-bond acceptors (Lipinski definition) is 3. The topological polar surface area (TPSA) is 61.4 Å². The van der Waals surface area contributed by atoms with Gasteiger partial charge in [-0.05, 0) is 38.1 Å². The molecule has 1 aliphatic rings. The van der Waals surface area contributed by atoms with Crippen LogP contribution in [0.4, 0.5) is 0 Å². The maximum absolute atomic E-state index is 11.9. The predicted molar refractivity (Wildman–Crippen MR) is 73.3 cm³/mol. The minimum atomic E-state index is 0.0989. The molecule has 0 aromatic rings. The van der Waals surface area contributed by atoms with E-state index in [0.717, 1.165) is 13.0 Å². The zero-order chi connectivity index (χ0) is 13.4. The first kappa shape index (κ1) is 15.4. The Morgan fingerprint density at radius 3 is 2.78 bits per heavy atom. The van der Waals surface area contributed by atoms with E-state index in [1.165, 1.54) is 19.3 Å². The molecule has 2 atom stereocenters. The van der Waals surface area contributed by atoms with Crippen LogP contribution in [-0.4, -0.2) is 36.2 Å². The summed E-state index contributed by atoms with van der Waals surface area (Å²) in [5, 5.41) is 15.5. The molecule has 0 aromatic heterocycles. The summed E-state index contributed by atoms with van der Waals surface area (Å²) in [6, 6.07) is 0.613. The third-order valence-corrected chi connectivity index (χ3v) is 3.72. The van der Waals surface area contributed by atoms with E-state index in [4.69, 9.17) is 5.11 Å². The fourth-order valence-corrected chi connectivity index (χ4v) is 2.47. The van der Waals surface area contributed by atoms with E-state index in [2.05, 4.69) is 24.5 Å². The maximum Gasteiger partial charge on any atom is 0.220 e. The molecule has 18 heavy (non-hydrogen) atoms. The third-order valence-electron chi connectivity index (χ3n) is 3.72. The molecule has 1 amide bonds. The van der Waals surface area contributed by atoms with Crippen molar-refractivity contribution >= 4 is 5.91 Å². The largest absolute Gasteiger partial charge is 0.396 e. The van der Waals surface area contributed by atoms with E-state index < -0.39 is 0 Å². The van der Waals surface area contributed by atoms with E-state index in [-0.39, 0.29) is 18.6 Å². The number of piperidine rings is 1. The van der Waals surface area contributed by atoms with Crippen molar-refractivity contribution in [3.8, 4) is 0 Å². The lowest BCUT2D eigenvalue weighted by molar-refractivity contribution is -0.122. The van der Waals surface area contributed by atoms with Crippen molar-refractivity contribution < 1.29 is 9.90 Å². The van der Waals surface area contributed by atoms with E-state index in [9.17, 15) is 4.79 Å². The quantitative estimate of drug-likeness (QED) is 0.646. The average Bonchev–Trinajstić information content (AvgIpc) is 2.37. The van der Waals surface area contributed by atoms with Gasteiger partial charge in [-0.2, -0.15) is 0 Å². The summed E-state index contributed by atoms with van der Waals surface area (Å²) in [7, 11) is 0. The monoisotopic (exact) mass is 256 g/mol. The second-order valence-electron chi connectivity index (χ2n) is 5.62. The van der Waals surface area contributed by atoms with Crippen molar-refractivity contribution in [2.24, 2.45) is 5.92 Å². The van der Waals surface area contributed by atoms with Gasteiger partial charge in [0.05, 0.1) is 0 Å². The first-order valence-electron chi connectivity index (χ1n) is 7.27. The van der Waals surface area contributed by atoms with Gasteiger partial charge in [-0.15, -0.1) is 0 Å². The van der Waals surface area contributed by atoms with Crippen molar-refractivity contribution in [1.82, 2.24) is 10.6 Å². The standard InChI is InChI=1S/C14H28N2O2/c1-11(2)13(8-10-17)16-14(18)7-6-12-5-3-4-9-15-12/h11-13,15,17H,3-10H2,1-2H3,(H,16,18). The Morgan fingerprint density at radius 2 is 2.22 bits per heavy atom. The Labute approximate surface area is 111 Å². The lowest BCUT2D eigenvalue weighted by Crippen LogP contribution is -2.40. The normalized spacial score (nSPS) is 21.9. The first-order valence-corrected chi connectivity index (χ1v) is 7.27. The highest BCUT2D eigenvalue weighted by atomic mass is 16.3. The summed E-state index contributed by atoms with van der Waals surface area (Å²) < 4.78 is 0. The molecule has 1 aliphatic heterocycles. The van der Waals surface area contributed by atoms with Gasteiger partial charge in [0.1, 0.15) is 0 Å². The van der Waals surface area contributed by atoms with Gasteiger partial charge in [0.15, 0.2) is 0 Å².